The Morgan fingerprint density at radius 1 is 1.26 bits per heavy atom. The van der Waals surface area contributed by atoms with Crippen LogP contribution in [0, 0.1) is 12.8 Å². The van der Waals surface area contributed by atoms with E-state index < -0.39 is 0 Å². The minimum Gasteiger partial charge on any atom is -0.300 e. The van der Waals surface area contributed by atoms with Crippen LogP contribution < -0.4 is 0 Å². The van der Waals surface area contributed by atoms with Gasteiger partial charge in [-0.2, -0.15) is 0 Å². The molecule has 0 spiro atoms. The Labute approximate surface area is 115 Å². The van der Waals surface area contributed by atoms with Crippen molar-refractivity contribution in [2.45, 2.75) is 51.1 Å². The quantitative estimate of drug-likeness (QED) is 0.829. The van der Waals surface area contributed by atoms with Gasteiger partial charge in [0.1, 0.15) is 5.78 Å². The molecular weight excluding hydrogens is 234 g/mol. The van der Waals surface area contributed by atoms with Crippen LogP contribution in [0.2, 0.25) is 0 Å². The maximum Gasteiger partial charge on any atom is 0.140 e. The van der Waals surface area contributed by atoms with E-state index in [4.69, 9.17) is 0 Å². The SMILES string of the molecule is Cc1cccc(CC(=O)C2CC3CCC(C2)N3C)c1. The van der Waals surface area contributed by atoms with E-state index in [1.54, 1.807) is 0 Å². The van der Waals surface area contributed by atoms with Crippen LogP contribution >= 0.6 is 0 Å². The number of carbonyl (C=O) groups excluding carboxylic acids is 1. The van der Waals surface area contributed by atoms with E-state index in [0.717, 1.165) is 12.8 Å². The second-order valence-corrected chi connectivity index (χ2v) is 6.35. The molecule has 0 aromatic heterocycles. The van der Waals surface area contributed by atoms with Crippen molar-refractivity contribution in [2.24, 2.45) is 5.92 Å². The average Bonchev–Trinajstić information content (AvgIpc) is 2.62. The minimum absolute atomic E-state index is 0.300. The summed E-state index contributed by atoms with van der Waals surface area (Å²) in [5.74, 6) is 0.754. The van der Waals surface area contributed by atoms with E-state index in [2.05, 4.69) is 43.1 Å². The summed E-state index contributed by atoms with van der Waals surface area (Å²) in [6.07, 6.45) is 5.36. The molecular formula is C17H23NO. The van der Waals surface area contributed by atoms with Crippen LogP contribution in [0.15, 0.2) is 24.3 Å². The fraction of sp³-hybridized carbons (Fsp3) is 0.588. The second-order valence-electron chi connectivity index (χ2n) is 6.35. The Kier molecular flexibility index (Phi) is 3.44. The van der Waals surface area contributed by atoms with Gasteiger partial charge in [0.2, 0.25) is 0 Å². The molecule has 0 N–H and O–H groups in total. The van der Waals surface area contributed by atoms with Crippen molar-refractivity contribution in [3.63, 3.8) is 0 Å². The molecule has 2 unspecified atom stereocenters. The first-order valence-electron chi connectivity index (χ1n) is 7.43. The molecule has 0 saturated carbocycles. The predicted molar refractivity (Wildman–Crippen MR) is 77.2 cm³/mol. The molecule has 1 aromatic rings. The normalized spacial score (nSPS) is 30.5. The number of carbonyl (C=O) groups is 1. The highest BCUT2D eigenvalue weighted by Crippen LogP contribution is 2.38. The summed E-state index contributed by atoms with van der Waals surface area (Å²) in [4.78, 5) is 15.0. The highest BCUT2D eigenvalue weighted by Gasteiger charge is 2.40. The van der Waals surface area contributed by atoms with Crippen molar-refractivity contribution in [3.05, 3.63) is 35.4 Å². The number of Topliss-reactive ketones (excluding diaryl/α,β-unsaturated/α-hetero) is 1. The topological polar surface area (TPSA) is 20.3 Å². The third kappa shape index (κ3) is 2.59. The molecule has 2 aliphatic rings. The minimum atomic E-state index is 0.300. The highest BCUT2D eigenvalue weighted by atomic mass is 16.1. The molecule has 2 fully saturated rings. The molecule has 3 rings (SSSR count). The van der Waals surface area contributed by atoms with Gasteiger partial charge in [0.05, 0.1) is 0 Å². The molecule has 1 aromatic carbocycles. The summed E-state index contributed by atoms with van der Waals surface area (Å²) < 4.78 is 0. The van der Waals surface area contributed by atoms with Crippen molar-refractivity contribution < 1.29 is 4.79 Å². The smallest absolute Gasteiger partial charge is 0.140 e. The average molecular weight is 257 g/mol. The van der Waals surface area contributed by atoms with Crippen LogP contribution in [0.3, 0.4) is 0 Å². The van der Waals surface area contributed by atoms with Crippen LogP contribution in [0.5, 0.6) is 0 Å². The van der Waals surface area contributed by atoms with Gasteiger partial charge in [0.25, 0.3) is 0 Å². The number of hydrogen-bond donors (Lipinski definition) is 0. The molecule has 2 saturated heterocycles. The van der Waals surface area contributed by atoms with Crippen LogP contribution in [0.4, 0.5) is 0 Å². The Bertz CT molecular complexity index is 468. The molecule has 2 heterocycles. The van der Waals surface area contributed by atoms with Crippen LogP contribution in [0.25, 0.3) is 0 Å². The monoisotopic (exact) mass is 257 g/mol. The zero-order chi connectivity index (χ0) is 13.4. The van der Waals surface area contributed by atoms with Gasteiger partial charge in [-0.3, -0.25) is 4.79 Å². The van der Waals surface area contributed by atoms with E-state index in [0.29, 0.717) is 30.2 Å². The summed E-state index contributed by atoms with van der Waals surface area (Å²) in [5, 5.41) is 0. The Morgan fingerprint density at radius 3 is 2.58 bits per heavy atom. The van der Waals surface area contributed by atoms with E-state index in [1.807, 2.05) is 0 Å². The highest BCUT2D eigenvalue weighted by molar-refractivity contribution is 5.83. The lowest BCUT2D eigenvalue weighted by Gasteiger charge is -2.35. The van der Waals surface area contributed by atoms with Crippen molar-refractivity contribution in [3.8, 4) is 0 Å². The third-order valence-electron chi connectivity index (χ3n) is 5.01. The van der Waals surface area contributed by atoms with E-state index >= 15 is 0 Å². The summed E-state index contributed by atoms with van der Waals surface area (Å²) in [6.45, 7) is 2.09. The summed E-state index contributed by atoms with van der Waals surface area (Å²) >= 11 is 0. The van der Waals surface area contributed by atoms with Crippen molar-refractivity contribution >= 4 is 5.78 Å². The molecule has 0 amide bonds. The molecule has 2 heteroatoms. The lowest BCUT2D eigenvalue weighted by molar-refractivity contribution is -0.124. The van der Waals surface area contributed by atoms with Gasteiger partial charge in [0.15, 0.2) is 0 Å². The van der Waals surface area contributed by atoms with Gasteiger partial charge < -0.3 is 4.90 Å². The lowest BCUT2D eigenvalue weighted by atomic mass is 9.85. The number of piperidine rings is 1. The first kappa shape index (κ1) is 12.9. The molecule has 2 nitrogen and oxygen atoms in total. The van der Waals surface area contributed by atoms with Gasteiger partial charge in [0, 0.05) is 24.4 Å². The first-order valence-corrected chi connectivity index (χ1v) is 7.43. The maximum absolute atomic E-state index is 12.5. The third-order valence-corrected chi connectivity index (χ3v) is 5.01. The zero-order valence-electron chi connectivity index (χ0n) is 11.9. The van der Waals surface area contributed by atoms with Crippen molar-refractivity contribution in [2.75, 3.05) is 7.05 Å². The number of rotatable bonds is 3. The number of hydrogen-bond acceptors (Lipinski definition) is 2. The molecule has 0 aliphatic carbocycles. The van der Waals surface area contributed by atoms with Crippen molar-refractivity contribution in [1.29, 1.82) is 0 Å². The van der Waals surface area contributed by atoms with Gasteiger partial charge in [-0.25, -0.2) is 0 Å². The number of nitrogens with zero attached hydrogens (tertiary/aromatic N) is 1. The molecule has 2 atom stereocenters. The Morgan fingerprint density at radius 2 is 1.95 bits per heavy atom. The Balaban J connectivity index is 1.65. The van der Waals surface area contributed by atoms with Gasteiger partial charge in [-0.15, -0.1) is 0 Å². The number of ketones is 1. The Hall–Kier alpha value is -1.15. The molecule has 102 valence electrons. The van der Waals surface area contributed by atoms with Crippen LogP contribution in [-0.4, -0.2) is 29.8 Å². The van der Waals surface area contributed by atoms with Crippen LogP contribution in [0.1, 0.15) is 36.8 Å². The molecule has 2 aliphatic heterocycles. The van der Waals surface area contributed by atoms with E-state index in [-0.39, 0.29) is 0 Å². The number of benzene rings is 1. The summed E-state index contributed by atoms with van der Waals surface area (Å²) in [7, 11) is 2.23. The molecule has 0 radical (unpaired) electrons. The number of fused-ring (bicyclic) bond motifs is 2. The molecule has 19 heavy (non-hydrogen) atoms. The molecule has 2 bridgehead atoms. The zero-order valence-corrected chi connectivity index (χ0v) is 11.9. The predicted octanol–water partition coefficient (Wildman–Crippen LogP) is 2.98. The first-order chi connectivity index (χ1) is 9.13. The van der Waals surface area contributed by atoms with E-state index in [1.165, 1.54) is 24.0 Å². The lowest BCUT2D eigenvalue weighted by Crippen LogP contribution is -2.42. The fourth-order valence-corrected chi connectivity index (χ4v) is 3.84. The number of aryl methyl sites for hydroxylation is 1. The maximum atomic E-state index is 12.5. The summed E-state index contributed by atoms with van der Waals surface area (Å²) in [5.41, 5.74) is 2.42. The van der Waals surface area contributed by atoms with Crippen LogP contribution in [-0.2, 0) is 11.2 Å². The second kappa shape index (κ2) is 5.09. The van der Waals surface area contributed by atoms with Gasteiger partial charge >= 0.3 is 0 Å². The fourth-order valence-electron chi connectivity index (χ4n) is 3.84. The standard InChI is InChI=1S/C17H23NO/c1-12-4-3-5-13(8-12)9-17(19)14-10-15-6-7-16(11-14)18(15)2/h3-5,8,14-16H,6-7,9-11H2,1-2H3. The largest absolute Gasteiger partial charge is 0.300 e. The van der Waals surface area contributed by atoms with Gasteiger partial charge in [-0.1, -0.05) is 29.8 Å². The summed E-state index contributed by atoms with van der Waals surface area (Å²) in [6, 6.07) is 9.67. The van der Waals surface area contributed by atoms with Gasteiger partial charge in [-0.05, 0) is 45.2 Å². The van der Waals surface area contributed by atoms with E-state index in [9.17, 15) is 4.79 Å². The van der Waals surface area contributed by atoms with Crippen molar-refractivity contribution in [1.82, 2.24) is 4.90 Å².